The van der Waals surface area contributed by atoms with E-state index >= 15 is 0 Å². The van der Waals surface area contributed by atoms with Gasteiger partial charge in [0, 0.05) is 29.5 Å². The van der Waals surface area contributed by atoms with E-state index in [1.165, 1.54) is 16.2 Å². The number of hydrogen-bond acceptors (Lipinski definition) is 8. The van der Waals surface area contributed by atoms with E-state index in [0.717, 1.165) is 22.9 Å². The minimum Gasteiger partial charge on any atom is -0.279 e. The molecule has 0 aliphatic rings. The number of hydrogen-bond donors (Lipinski definition) is 0. The number of carbonyl (C=O) groups excluding carboxylic acids is 1. The summed E-state index contributed by atoms with van der Waals surface area (Å²) >= 11 is 7.26. The molecule has 160 valence electrons. The van der Waals surface area contributed by atoms with Crippen LogP contribution in [0.15, 0.2) is 60.9 Å². The van der Waals surface area contributed by atoms with Crippen LogP contribution in [-0.4, -0.2) is 25.7 Å². The summed E-state index contributed by atoms with van der Waals surface area (Å²) < 4.78 is 0.738. The highest BCUT2D eigenvalue weighted by atomic mass is 35.5. The maximum atomic E-state index is 13.4. The van der Waals surface area contributed by atoms with Gasteiger partial charge in [-0.15, -0.1) is 0 Å². The van der Waals surface area contributed by atoms with Crippen LogP contribution in [0.4, 0.5) is 16.5 Å². The molecule has 0 unspecified atom stereocenters. The summed E-state index contributed by atoms with van der Waals surface area (Å²) in [6.07, 6.45) is 3.15. The number of nitro groups is 2. The van der Waals surface area contributed by atoms with Gasteiger partial charge in [0.25, 0.3) is 17.3 Å². The molecule has 0 spiro atoms. The van der Waals surface area contributed by atoms with Crippen LogP contribution < -0.4 is 4.90 Å². The second-order valence-electron chi connectivity index (χ2n) is 6.61. The smallest absolute Gasteiger partial charge is 0.277 e. The molecule has 1 amide bonds. The maximum absolute atomic E-state index is 13.4. The summed E-state index contributed by atoms with van der Waals surface area (Å²) in [4.78, 5) is 44.2. The molecule has 0 aliphatic carbocycles. The van der Waals surface area contributed by atoms with Crippen molar-refractivity contribution in [3.8, 4) is 0 Å². The lowest BCUT2D eigenvalue weighted by Crippen LogP contribution is -2.30. The fourth-order valence-electron chi connectivity index (χ4n) is 2.99. The second kappa shape index (κ2) is 8.65. The topological polar surface area (TPSA) is 132 Å². The van der Waals surface area contributed by atoms with Crippen molar-refractivity contribution in [2.45, 2.75) is 6.54 Å². The van der Waals surface area contributed by atoms with Crippen LogP contribution in [0, 0.1) is 20.2 Å². The van der Waals surface area contributed by atoms with Gasteiger partial charge in [0.05, 0.1) is 38.2 Å². The Morgan fingerprint density at radius 1 is 1.06 bits per heavy atom. The molecule has 10 nitrogen and oxygen atoms in total. The summed E-state index contributed by atoms with van der Waals surface area (Å²) in [5.41, 5.74) is -0.0199. The number of aromatic nitrogens is 2. The first kappa shape index (κ1) is 21.3. The Labute approximate surface area is 189 Å². The molecule has 0 radical (unpaired) electrons. The molecule has 4 aromatic rings. The third-order valence-corrected chi connectivity index (χ3v) is 5.73. The maximum Gasteiger partial charge on any atom is 0.277 e. The van der Waals surface area contributed by atoms with E-state index in [9.17, 15) is 25.0 Å². The molecular formula is C20H12ClN5O5S. The fraction of sp³-hybridized carbons (Fsp3) is 0.0500. The number of fused-ring (bicyclic) bond motifs is 1. The van der Waals surface area contributed by atoms with Crippen molar-refractivity contribution >= 4 is 55.6 Å². The molecule has 2 aromatic heterocycles. The number of benzene rings is 2. The number of carbonyl (C=O) groups is 1. The monoisotopic (exact) mass is 469 g/mol. The minimum absolute atomic E-state index is 0.0523. The highest BCUT2D eigenvalue weighted by molar-refractivity contribution is 7.22. The van der Waals surface area contributed by atoms with E-state index in [1.54, 1.807) is 42.7 Å². The van der Waals surface area contributed by atoms with Crippen molar-refractivity contribution in [1.29, 1.82) is 0 Å². The van der Waals surface area contributed by atoms with E-state index in [4.69, 9.17) is 11.6 Å². The summed E-state index contributed by atoms with van der Waals surface area (Å²) in [5, 5.41) is 23.3. The van der Waals surface area contributed by atoms with Gasteiger partial charge < -0.3 is 0 Å². The molecule has 0 saturated heterocycles. The zero-order valence-corrected chi connectivity index (χ0v) is 17.6. The van der Waals surface area contributed by atoms with Crippen LogP contribution in [0.3, 0.4) is 0 Å². The van der Waals surface area contributed by atoms with Crippen LogP contribution in [0.2, 0.25) is 5.02 Å². The third kappa shape index (κ3) is 4.38. The minimum atomic E-state index is -0.783. The van der Waals surface area contributed by atoms with Gasteiger partial charge in [0.2, 0.25) is 0 Å². The molecule has 32 heavy (non-hydrogen) atoms. The zero-order chi connectivity index (χ0) is 22.8. The van der Waals surface area contributed by atoms with Crippen molar-refractivity contribution < 1.29 is 14.6 Å². The first-order valence-corrected chi connectivity index (χ1v) is 10.2. The normalized spacial score (nSPS) is 10.8. The van der Waals surface area contributed by atoms with Crippen molar-refractivity contribution in [2.24, 2.45) is 0 Å². The van der Waals surface area contributed by atoms with Crippen LogP contribution >= 0.6 is 22.9 Å². The molecule has 2 heterocycles. The van der Waals surface area contributed by atoms with Crippen LogP contribution in [0.5, 0.6) is 0 Å². The number of anilines is 1. The number of nitro benzene ring substituents is 2. The van der Waals surface area contributed by atoms with E-state index in [-0.39, 0.29) is 12.1 Å². The molecule has 4 rings (SSSR count). The number of non-ortho nitro benzene ring substituents is 2. The van der Waals surface area contributed by atoms with Gasteiger partial charge in [-0.05, 0) is 29.8 Å². The van der Waals surface area contributed by atoms with Gasteiger partial charge >= 0.3 is 0 Å². The van der Waals surface area contributed by atoms with E-state index < -0.39 is 27.1 Å². The van der Waals surface area contributed by atoms with Gasteiger partial charge in [-0.1, -0.05) is 29.0 Å². The van der Waals surface area contributed by atoms with Crippen molar-refractivity contribution in [3.05, 3.63) is 97.3 Å². The Bertz CT molecular complexity index is 1330. The van der Waals surface area contributed by atoms with Gasteiger partial charge in [-0.25, -0.2) is 4.98 Å². The summed E-state index contributed by atoms with van der Waals surface area (Å²) in [6, 6.07) is 11.4. The molecule has 0 atom stereocenters. The van der Waals surface area contributed by atoms with Crippen molar-refractivity contribution in [1.82, 2.24) is 9.97 Å². The Morgan fingerprint density at radius 3 is 2.41 bits per heavy atom. The number of halogens is 1. The van der Waals surface area contributed by atoms with E-state index in [0.29, 0.717) is 21.2 Å². The molecular weight excluding hydrogens is 458 g/mol. The Hall–Kier alpha value is -3.96. The average Bonchev–Trinajstić information content (AvgIpc) is 3.20. The Balaban J connectivity index is 1.83. The van der Waals surface area contributed by atoms with E-state index in [1.807, 2.05) is 0 Å². The molecule has 2 aromatic carbocycles. The first-order chi connectivity index (χ1) is 15.3. The lowest BCUT2D eigenvalue weighted by atomic mass is 10.1. The fourth-order valence-corrected chi connectivity index (χ4v) is 4.23. The SMILES string of the molecule is O=C(c1cc([N+](=O)[O-])cc([N+](=O)[O-])c1)N(Cc1cccnc1)c1nc2ccc(Cl)cc2s1. The number of thiazole rings is 1. The molecule has 0 saturated carbocycles. The van der Waals surface area contributed by atoms with Crippen molar-refractivity contribution in [3.63, 3.8) is 0 Å². The first-order valence-electron chi connectivity index (χ1n) is 9.02. The van der Waals surface area contributed by atoms with Crippen LogP contribution in [0.1, 0.15) is 15.9 Å². The third-order valence-electron chi connectivity index (χ3n) is 4.45. The van der Waals surface area contributed by atoms with Crippen LogP contribution in [0.25, 0.3) is 10.2 Å². The molecule has 0 fully saturated rings. The van der Waals surface area contributed by atoms with Gasteiger partial charge in [-0.2, -0.15) is 0 Å². The lowest BCUT2D eigenvalue weighted by Gasteiger charge is -2.20. The van der Waals surface area contributed by atoms with Gasteiger partial charge in [-0.3, -0.25) is 34.9 Å². The molecule has 0 N–H and O–H groups in total. The molecule has 0 bridgehead atoms. The summed E-state index contributed by atoms with van der Waals surface area (Å²) in [6.45, 7) is 0.0523. The highest BCUT2D eigenvalue weighted by Crippen LogP contribution is 2.33. The summed E-state index contributed by atoms with van der Waals surface area (Å²) in [5.74, 6) is -0.675. The van der Waals surface area contributed by atoms with Crippen LogP contribution in [-0.2, 0) is 6.54 Å². The Morgan fingerprint density at radius 2 is 1.78 bits per heavy atom. The number of pyridine rings is 1. The number of amides is 1. The average molecular weight is 470 g/mol. The quantitative estimate of drug-likeness (QED) is 0.286. The standard InChI is InChI=1S/C20H12ClN5O5S/c21-14-3-4-17-18(8-14)32-20(23-17)24(11-12-2-1-5-22-10-12)19(27)13-6-15(25(28)29)9-16(7-13)26(30)31/h1-10H,11H2. The lowest BCUT2D eigenvalue weighted by molar-refractivity contribution is -0.394. The molecule has 12 heteroatoms. The largest absolute Gasteiger partial charge is 0.279 e. The van der Waals surface area contributed by atoms with E-state index in [2.05, 4.69) is 9.97 Å². The summed E-state index contributed by atoms with van der Waals surface area (Å²) in [7, 11) is 0. The van der Waals surface area contributed by atoms with Gasteiger partial charge in [0.1, 0.15) is 0 Å². The predicted octanol–water partition coefficient (Wildman–Crippen LogP) is 5.01. The second-order valence-corrected chi connectivity index (χ2v) is 8.06. The highest BCUT2D eigenvalue weighted by Gasteiger charge is 2.26. The Kier molecular flexibility index (Phi) is 5.75. The molecule has 0 aliphatic heterocycles. The predicted molar refractivity (Wildman–Crippen MR) is 119 cm³/mol. The number of nitrogens with zero attached hydrogens (tertiary/aromatic N) is 5. The van der Waals surface area contributed by atoms with Gasteiger partial charge in [0.15, 0.2) is 5.13 Å². The number of rotatable bonds is 6. The zero-order valence-electron chi connectivity index (χ0n) is 16.0. The van der Waals surface area contributed by atoms with Crippen molar-refractivity contribution in [2.75, 3.05) is 4.90 Å².